The van der Waals surface area contributed by atoms with E-state index in [-0.39, 0.29) is 25.4 Å². The van der Waals surface area contributed by atoms with Crippen molar-refractivity contribution in [2.75, 3.05) is 19.8 Å². The summed E-state index contributed by atoms with van der Waals surface area (Å²) in [6, 6.07) is 0. The Morgan fingerprint density at radius 2 is 1.04 bits per heavy atom. The monoisotopic (exact) mass is 381 g/mol. The van der Waals surface area contributed by atoms with Crippen molar-refractivity contribution in [2.45, 2.75) is 59.3 Å². The normalized spacial score (nSPS) is 10.3. The van der Waals surface area contributed by atoms with E-state index in [1.165, 1.54) is 0 Å². The van der Waals surface area contributed by atoms with Gasteiger partial charge in [-0.1, -0.05) is 40.0 Å². The number of hydrogen-bond acceptors (Lipinski definition) is 9. The second kappa shape index (κ2) is 12.7. The first-order valence-electron chi connectivity index (χ1n) is 9.31. The minimum Gasteiger partial charge on any atom is -0.462 e. The van der Waals surface area contributed by atoms with Gasteiger partial charge < -0.3 is 14.2 Å². The van der Waals surface area contributed by atoms with Gasteiger partial charge >= 0.3 is 17.9 Å². The fourth-order valence-electron chi connectivity index (χ4n) is 1.94. The maximum atomic E-state index is 12.5. The summed E-state index contributed by atoms with van der Waals surface area (Å²) in [5.41, 5.74) is -1.17. The lowest BCUT2D eigenvalue weighted by molar-refractivity contribution is 0.0420. The molecule has 0 aliphatic carbocycles. The van der Waals surface area contributed by atoms with Gasteiger partial charge in [0.25, 0.3) is 0 Å². The third kappa shape index (κ3) is 7.28. The standard InChI is InChI=1S/C18H27N3O6/c1-4-7-10-25-16(22)13-14(17(23)26-11-8-5-2)19-21-20-15(13)18(24)27-12-9-6-3/h4-12H2,1-3H3. The molecule has 0 amide bonds. The number of aromatic nitrogens is 3. The Hall–Kier alpha value is -2.58. The van der Waals surface area contributed by atoms with Crippen molar-refractivity contribution in [1.29, 1.82) is 0 Å². The van der Waals surface area contributed by atoms with E-state index >= 15 is 0 Å². The highest BCUT2D eigenvalue weighted by atomic mass is 16.5. The lowest BCUT2D eigenvalue weighted by Gasteiger charge is -2.11. The van der Waals surface area contributed by atoms with Crippen molar-refractivity contribution in [3.05, 3.63) is 17.0 Å². The van der Waals surface area contributed by atoms with Crippen LogP contribution in [0.5, 0.6) is 0 Å². The van der Waals surface area contributed by atoms with Gasteiger partial charge in [-0.3, -0.25) is 0 Å². The minimum absolute atomic E-state index is 0.145. The van der Waals surface area contributed by atoms with Crippen LogP contribution in [0.1, 0.15) is 90.6 Å². The summed E-state index contributed by atoms with van der Waals surface area (Å²) in [6.07, 6.45) is 4.44. The molecule has 1 aromatic heterocycles. The lowest BCUT2D eigenvalue weighted by Crippen LogP contribution is -2.24. The average Bonchev–Trinajstić information content (AvgIpc) is 2.67. The summed E-state index contributed by atoms with van der Waals surface area (Å²) >= 11 is 0. The Kier molecular flexibility index (Phi) is 10.6. The molecule has 9 nitrogen and oxygen atoms in total. The molecule has 0 aliphatic rings. The van der Waals surface area contributed by atoms with Gasteiger partial charge in [-0.15, -0.1) is 10.2 Å². The molecular weight excluding hydrogens is 354 g/mol. The summed E-state index contributed by atoms with van der Waals surface area (Å²) in [5, 5.41) is 10.6. The van der Waals surface area contributed by atoms with Crippen molar-refractivity contribution < 1.29 is 28.6 Å². The number of esters is 3. The first kappa shape index (κ1) is 22.5. The van der Waals surface area contributed by atoms with Crippen molar-refractivity contribution in [1.82, 2.24) is 15.4 Å². The maximum absolute atomic E-state index is 12.5. The van der Waals surface area contributed by atoms with Gasteiger partial charge in [0.1, 0.15) is 5.56 Å². The highest BCUT2D eigenvalue weighted by molar-refractivity contribution is 6.08. The van der Waals surface area contributed by atoms with Gasteiger partial charge in [0.2, 0.25) is 0 Å². The molecule has 0 bridgehead atoms. The highest BCUT2D eigenvalue weighted by Gasteiger charge is 2.31. The largest absolute Gasteiger partial charge is 0.462 e. The molecule has 0 atom stereocenters. The quantitative estimate of drug-likeness (QED) is 0.306. The van der Waals surface area contributed by atoms with Gasteiger partial charge in [-0.05, 0) is 24.5 Å². The van der Waals surface area contributed by atoms with Crippen LogP contribution in [0.15, 0.2) is 0 Å². The number of hydrogen-bond donors (Lipinski definition) is 0. The SMILES string of the molecule is CCCCOC(=O)c1nnnc(C(=O)OCCCC)c1C(=O)OCCCC. The molecule has 150 valence electrons. The third-order valence-electron chi connectivity index (χ3n) is 3.55. The first-order valence-corrected chi connectivity index (χ1v) is 9.31. The maximum Gasteiger partial charge on any atom is 0.359 e. The molecule has 0 aliphatic heterocycles. The van der Waals surface area contributed by atoms with E-state index in [4.69, 9.17) is 14.2 Å². The van der Waals surface area contributed by atoms with E-state index < -0.39 is 29.3 Å². The van der Waals surface area contributed by atoms with E-state index in [0.717, 1.165) is 19.3 Å². The average molecular weight is 381 g/mol. The number of unbranched alkanes of at least 4 members (excludes halogenated alkanes) is 3. The zero-order valence-electron chi connectivity index (χ0n) is 16.2. The molecule has 0 N–H and O–H groups in total. The molecule has 1 rings (SSSR count). The highest BCUT2D eigenvalue weighted by Crippen LogP contribution is 2.15. The Morgan fingerprint density at radius 1 is 0.667 bits per heavy atom. The predicted molar refractivity (Wildman–Crippen MR) is 95.4 cm³/mol. The van der Waals surface area contributed by atoms with E-state index in [1.54, 1.807) is 0 Å². The molecule has 0 fully saturated rings. The van der Waals surface area contributed by atoms with Crippen LogP contribution in [-0.4, -0.2) is 53.1 Å². The van der Waals surface area contributed by atoms with Crippen molar-refractivity contribution in [2.24, 2.45) is 0 Å². The van der Waals surface area contributed by atoms with Gasteiger partial charge in [-0.2, -0.15) is 0 Å². The molecule has 0 aromatic carbocycles. The van der Waals surface area contributed by atoms with Crippen LogP contribution >= 0.6 is 0 Å². The fourth-order valence-corrected chi connectivity index (χ4v) is 1.94. The van der Waals surface area contributed by atoms with Crippen molar-refractivity contribution >= 4 is 17.9 Å². The van der Waals surface area contributed by atoms with Crippen LogP contribution in [-0.2, 0) is 14.2 Å². The van der Waals surface area contributed by atoms with Crippen molar-refractivity contribution in [3.63, 3.8) is 0 Å². The van der Waals surface area contributed by atoms with Crippen LogP contribution in [0.25, 0.3) is 0 Å². The van der Waals surface area contributed by atoms with Crippen LogP contribution in [0.2, 0.25) is 0 Å². The number of ether oxygens (including phenoxy) is 3. The zero-order valence-corrected chi connectivity index (χ0v) is 16.2. The van der Waals surface area contributed by atoms with Crippen LogP contribution < -0.4 is 0 Å². The fraction of sp³-hybridized carbons (Fsp3) is 0.667. The minimum atomic E-state index is -0.879. The molecule has 27 heavy (non-hydrogen) atoms. The summed E-state index contributed by atoms with van der Waals surface area (Å²) < 4.78 is 15.3. The second-order valence-corrected chi connectivity index (χ2v) is 5.83. The zero-order chi connectivity index (χ0) is 20.1. The van der Waals surface area contributed by atoms with Crippen LogP contribution in [0, 0.1) is 0 Å². The number of rotatable bonds is 12. The summed E-state index contributed by atoms with van der Waals surface area (Å²) in [5.74, 6) is -2.59. The first-order chi connectivity index (χ1) is 13.1. The third-order valence-corrected chi connectivity index (χ3v) is 3.55. The van der Waals surface area contributed by atoms with Gasteiger partial charge in [-0.25, -0.2) is 14.4 Å². The summed E-state index contributed by atoms with van der Waals surface area (Å²) in [7, 11) is 0. The van der Waals surface area contributed by atoms with E-state index in [2.05, 4.69) is 15.4 Å². The van der Waals surface area contributed by atoms with Gasteiger partial charge in [0.15, 0.2) is 11.4 Å². The molecule has 0 radical (unpaired) electrons. The lowest BCUT2D eigenvalue weighted by atomic mass is 10.1. The van der Waals surface area contributed by atoms with Gasteiger partial charge in [0.05, 0.1) is 19.8 Å². The molecule has 0 saturated carbocycles. The Bertz CT molecular complexity index is 595. The molecule has 0 spiro atoms. The van der Waals surface area contributed by atoms with Crippen molar-refractivity contribution in [3.8, 4) is 0 Å². The summed E-state index contributed by atoms with van der Waals surface area (Å²) in [6.45, 7) is 6.31. The van der Waals surface area contributed by atoms with Crippen LogP contribution in [0.3, 0.4) is 0 Å². The number of carbonyl (C=O) groups excluding carboxylic acids is 3. The number of carbonyl (C=O) groups is 3. The molecule has 0 saturated heterocycles. The topological polar surface area (TPSA) is 118 Å². The summed E-state index contributed by atoms with van der Waals surface area (Å²) in [4.78, 5) is 37.1. The molecule has 0 unspecified atom stereocenters. The Balaban J connectivity index is 3.12. The van der Waals surface area contributed by atoms with Crippen LogP contribution in [0.4, 0.5) is 0 Å². The Morgan fingerprint density at radius 3 is 1.41 bits per heavy atom. The molecule has 1 heterocycles. The van der Waals surface area contributed by atoms with E-state index in [9.17, 15) is 14.4 Å². The van der Waals surface area contributed by atoms with Gasteiger partial charge in [0, 0.05) is 0 Å². The van der Waals surface area contributed by atoms with E-state index in [0.29, 0.717) is 19.3 Å². The second-order valence-electron chi connectivity index (χ2n) is 5.83. The molecule has 9 heteroatoms. The Labute approximate surface area is 158 Å². The number of nitrogens with zero attached hydrogens (tertiary/aromatic N) is 3. The molecule has 1 aromatic rings. The smallest absolute Gasteiger partial charge is 0.359 e. The molecular formula is C18H27N3O6. The van der Waals surface area contributed by atoms with E-state index in [1.807, 2.05) is 20.8 Å². The predicted octanol–water partition coefficient (Wildman–Crippen LogP) is 2.74.